The zero-order valence-corrected chi connectivity index (χ0v) is 10.7. The van der Waals surface area contributed by atoms with E-state index in [4.69, 9.17) is 0 Å². The average molecular weight is 210 g/mol. The Hall–Kier alpha value is -0.300. The molecule has 0 aromatic carbocycles. The smallest absolute Gasteiger partial charge is 0.0512 e. The maximum atomic E-state index is 9.30. The van der Waals surface area contributed by atoms with Crippen molar-refractivity contribution in [2.75, 3.05) is 0 Å². The van der Waals surface area contributed by atoms with Gasteiger partial charge in [-0.2, -0.15) is 0 Å². The van der Waals surface area contributed by atoms with Crippen LogP contribution in [0.15, 0.2) is 11.6 Å². The van der Waals surface area contributed by atoms with E-state index in [-0.39, 0.29) is 6.10 Å². The van der Waals surface area contributed by atoms with E-state index in [0.717, 1.165) is 24.7 Å². The summed E-state index contributed by atoms with van der Waals surface area (Å²) in [5, 5.41) is 9.30. The lowest BCUT2D eigenvalue weighted by molar-refractivity contribution is 0.176. The highest BCUT2D eigenvalue weighted by Crippen LogP contribution is 2.34. The molecule has 0 spiro atoms. The van der Waals surface area contributed by atoms with Gasteiger partial charge in [0.1, 0.15) is 0 Å². The molecule has 4 unspecified atom stereocenters. The van der Waals surface area contributed by atoms with Crippen molar-refractivity contribution >= 4 is 0 Å². The minimum atomic E-state index is -0.149. The summed E-state index contributed by atoms with van der Waals surface area (Å²) in [7, 11) is 0. The maximum Gasteiger partial charge on any atom is 0.0512 e. The first kappa shape index (κ1) is 12.8. The zero-order chi connectivity index (χ0) is 11.4. The second-order valence-electron chi connectivity index (χ2n) is 5.45. The number of rotatable bonds is 4. The summed E-state index contributed by atoms with van der Waals surface area (Å²) < 4.78 is 0. The Kier molecular flexibility index (Phi) is 4.85. The van der Waals surface area contributed by atoms with Gasteiger partial charge in [-0.1, -0.05) is 32.4 Å². The van der Waals surface area contributed by atoms with E-state index in [2.05, 4.69) is 26.8 Å². The van der Waals surface area contributed by atoms with Crippen LogP contribution in [-0.4, -0.2) is 11.2 Å². The van der Waals surface area contributed by atoms with E-state index in [1.165, 1.54) is 12.8 Å². The van der Waals surface area contributed by atoms with Crippen LogP contribution in [0, 0.1) is 17.8 Å². The summed E-state index contributed by atoms with van der Waals surface area (Å²) in [4.78, 5) is 0. The van der Waals surface area contributed by atoms with Crippen LogP contribution >= 0.6 is 0 Å². The van der Waals surface area contributed by atoms with Crippen molar-refractivity contribution in [3.8, 4) is 0 Å². The Morgan fingerprint density at radius 2 is 1.93 bits per heavy atom. The molecular weight excluding hydrogens is 184 g/mol. The van der Waals surface area contributed by atoms with Crippen LogP contribution in [0.25, 0.3) is 0 Å². The molecule has 1 aliphatic rings. The van der Waals surface area contributed by atoms with Gasteiger partial charge in [-0.3, -0.25) is 0 Å². The van der Waals surface area contributed by atoms with E-state index in [1.807, 2.05) is 6.92 Å². The number of hydrogen-bond acceptors (Lipinski definition) is 1. The molecule has 1 aliphatic carbocycles. The average Bonchev–Trinajstić information content (AvgIpc) is 2.18. The molecule has 15 heavy (non-hydrogen) atoms. The second kappa shape index (κ2) is 5.69. The van der Waals surface area contributed by atoms with Crippen molar-refractivity contribution in [3.63, 3.8) is 0 Å². The van der Waals surface area contributed by atoms with Gasteiger partial charge in [0, 0.05) is 0 Å². The zero-order valence-electron chi connectivity index (χ0n) is 10.7. The van der Waals surface area contributed by atoms with Gasteiger partial charge >= 0.3 is 0 Å². The van der Waals surface area contributed by atoms with Gasteiger partial charge in [0.25, 0.3) is 0 Å². The monoisotopic (exact) mass is 210 g/mol. The van der Waals surface area contributed by atoms with Gasteiger partial charge in [-0.15, -0.1) is 0 Å². The summed E-state index contributed by atoms with van der Waals surface area (Å²) in [5.74, 6) is 2.16. The normalized spacial score (nSPS) is 30.9. The third-order valence-corrected chi connectivity index (χ3v) is 3.69. The van der Waals surface area contributed by atoms with Gasteiger partial charge < -0.3 is 5.11 Å². The van der Waals surface area contributed by atoms with E-state index in [9.17, 15) is 5.11 Å². The van der Waals surface area contributed by atoms with E-state index >= 15 is 0 Å². The number of aliphatic hydroxyl groups is 1. The van der Waals surface area contributed by atoms with Crippen LogP contribution in [0.3, 0.4) is 0 Å². The molecule has 1 rings (SSSR count). The van der Waals surface area contributed by atoms with Crippen LogP contribution in [-0.2, 0) is 0 Å². The molecule has 1 heteroatoms. The van der Waals surface area contributed by atoms with E-state index in [0.29, 0.717) is 5.92 Å². The highest BCUT2D eigenvalue weighted by molar-refractivity contribution is 5.13. The lowest BCUT2D eigenvalue weighted by Gasteiger charge is -2.29. The molecule has 0 amide bonds. The Bertz CT molecular complexity index is 217. The van der Waals surface area contributed by atoms with Gasteiger partial charge in [0.2, 0.25) is 0 Å². The molecule has 4 atom stereocenters. The Morgan fingerprint density at radius 1 is 1.27 bits per heavy atom. The van der Waals surface area contributed by atoms with Crippen LogP contribution in [0.4, 0.5) is 0 Å². The summed E-state index contributed by atoms with van der Waals surface area (Å²) >= 11 is 0. The molecule has 88 valence electrons. The first-order valence-corrected chi connectivity index (χ1v) is 6.40. The molecule has 0 fully saturated rings. The summed E-state index contributed by atoms with van der Waals surface area (Å²) in [6.07, 6.45) is 7.06. The number of hydrogen-bond donors (Lipinski definition) is 1. The predicted octanol–water partition coefficient (Wildman–Crippen LogP) is 3.78. The molecule has 0 bridgehead atoms. The van der Waals surface area contributed by atoms with Crippen molar-refractivity contribution < 1.29 is 5.11 Å². The molecule has 0 radical (unpaired) electrons. The predicted molar refractivity (Wildman–Crippen MR) is 65.7 cm³/mol. The Balaban J connectivity index is 2.52. The molecule has 0 heterocycles. The van der Waals surface area contributed by atoms with Crippen molar-refractivity contribution in [2.45, 2.75) is 59.5 Å². The molecule has 0 aliphatic heterocycles. The van der Waals surface area contributed by atoms with Crippen LogP contribution < -0.4 is 0 Å². The molecule has 0 saturated heterocycles. The standard InChI is InChI=1S/C14H26O/c1-10-5-6-11(2)14(9-10)12(3)7-8-13(4)15/h9-13,15H,5-8H2,1-4H3. The fraction of sp³-hybridized carbons (Fsp3) is 0.857. The first-order chi connectivity index (χ1) is 7.00. The largest absolute Gasteiger partial charge is 0.393 e. The van der Waals surface area contributed by atoms with Crippen molar-refractivity contribution in [1.29, 1.82) is 0 Å². The van der Waals surface area contributed by atoms with Gasteiger partial charge in [-0.25, -0.2) is 0 Å². The lowest BCUT2D eigenvalue weighted by Crippen LogP contribution is -2.16. The summed E-state index contributed by atoms with van der Waals surface area (Å²) in [5.41, 5.74) is 1.63. The van der Waals surface area contributed by atoms with Crippen LogP contribution in [0.2, 0.25) is 0 Å². The topological polar surface area (TPSA) is 20.2 Å². The number of aliphatic hydroxyl groups excluding tert-OH is 1. The molecule has 1 nitrogen and oxygen atoms in total. The van der Waals surface area contributed by atoms with E-state index < -0.39 is 0 Å². The Labute approximate surface area is 94.6 Å². The van der Waals surface area contributed by atoms with Gasteiger partial charge in [0.05, 0.1) is 6.10 Å². The minimum Gasteiger partial charge on any atom is -0.393 e. The summed E-state index contributed by atoms with van der Waals surface area (Å²) in [6.45, 7) is 8.85. The molecule has 0 aromatic heterocycles. The SMILES string of the molecule is CC(O)CCC(C)C1=CC(C)CCC1C. The summed E-state index contributed by atoms with van der Waals surface area (Å²) in [6, 6.07) is 0. The lowest BCUT2D eigenvalue weighted by atomic mass is 9.77. The third-order valence-electron chi connectivity index (χ3n) is 3.69. The maximum absolute atomic E-state index is 9.30. The fourth-order valence-corrected chi connectivity index (χ4v) is 2.56. The number of allylic oxidation sites excluding steroid dienone is 2. The first-order valence-electron chi connectivity index (χ1n) is 6.40. The quantitative estimate of drug-likeness (QED) is 0.700. The van der Waals surface area contributed by atoms with Crippen LogP contribution in [0.5, 0.6) is 0 Å². The van der Waals surface area contributed by atoms with E-state index in [1.54, 1.807) is 5.57 Å². The highest BCUT2D eigenvalue weighted by Gasteiger charge is 2.21. The van der Waals surface area contributed by atoms with Crippen molar-refractivity contribution in [2.24, 2.45) is 17.8 Å². The van der Waals surface area contributed by atoms with Crippen LogP contribution in [0.1, 0.15) is 53.4 Å². The molecular formula is C14H26O. The minimum absolute atomic E-state index is 0.149. The van der Waals surface area contributed by atoms with Crippen molar-refractivity contribution in [3.05, 3.63) is 11.6 Å². The molecule has 0 aromatic rings. The van der Waals surface area contributed by atoms with Gasteiger partial charge in [-0.05, 0) is 50.4 Å². The second-order valence-corrected chi connectivity index (χ2v) is 5.45. The fourth-order valence-electron chi connectivity index (χ4n) is 2.56. The molecule has 1 N–H and O–H groups in total. The highest BCUT2D eigenvalue weighted by atomic mass is 16.3. The van der Waals surface area contributed by atoms with Gasteiger partial charge in [0.15, 0.2) is 0 Å². The third kappa shape index (κ3) is 3.98. The van der Waals surface area contributed by atoms with Crippen molar-refractivity contribution in [1.82, 2.24) is 0 Å². The molecule has 0 saturated carbocycles. The Morgan fingerprint density at radius 3 is 2.53 bits per heavy atom.